The Morgan fingerprint density at radius 2 is 1.94 bits per heavy atom. The third-order valence-electron chi connectivity index (χ3n) is 6.17. The highest BCUT2D eigenvalue weighted by Gasteiger charge is 2.57. The quantitative estimate of drug-likeness (QED) is 0.502. The summed E-state index contributed by atoms with van der Waals surface area (Å²) in [5.74, 6) is -2.93. The molecule has 4 nitrogen and oxygen atoms in total. The Balaban J connectivity index is 1.29. The van der Waals surface area contributed by atoms with Crippen LogP contribution >= 0.6 is 0 Å². The van der Waals surface area contributed by atoms with Crippen LogP contribution in [0.4, 0.5) is 18.9 Å². The number of nitrogens with zero attached hydrogens (tertiary/aromatic N) is 1. The molecule has 0 radical (unpaired) electrons. The van der Waals surface area contributed by atoms with E-state index in [0.717, 1.165) is 24.3 Å². The fraction of sp³-hybridized carbons (Fsp3) is 0.480. The monoisotopic (exact) mass is 447 g/mol. The lowest BCUT2D eigenvalue weighted by molar-refractivity contribution is -0.117. The first kappa shape index (κ1) is 22.5. The van der Waals surface area contributed by atoms with Crippen LogP contribution in [-0.2, 0) is 4.79 Å². The van der Waals surface area contributed by atoms with Crippen LogP contribution in [0.25, 0.3) is 0 Å². The zero-order valence-corrected chi connectivity index (χ0v) is 18.3. The van der Waals surface area contributed by atoms with Gasteiger partial charge >= 0.3 is 0 Å². The molecule has 1 saturated carbocycles. The molecule has 4 rings (SSSR count). The number of hydrogen-bond acceptors (Lipinski definition) is 4. The van der Waals surface area contributed by atoms with Crippen molar-refractivity contribution < 1.29 is 27.4 Å². The molecular weight excluding hydrogens is 419 g/mol. The van der Waals surface area contributed by atoms with Gasteiger partial charge in [0.25, 0.3) is 5.92 Å². The highest BCUT2D eigenvalue weighted by Crippen LogP contribution is 2.48. The summed E-state index contributed by atoms with van der Waals surface area (Å²) in [4.78, 5) is 13.3. The number of hydrogen-bond donors (Lipinski definition) is 0. The van der Waals surface area contributed by atoms with Gasteiger partial charge in [0.1, 0.15) is 17.6 Å². The first-order valence-electron chi connectivity index (χ1n) is 11.0. The van der Waals surface area contributed by atoms with Gasteiger partial charge in [-0.15, -0.1) is 0 Å². The highest BCUT2D eigenvalue weighted by molar-refractivity contribution is 5.76. The number of carbonyl (C=O) groups is 1. The van der Waals surface area contributed by atoms with Crippen LogP contribution in [0.15, 0.2) is 42.5 Å². The van der Waals surface area contributed by atoms with Gasteiger partial charge in [0.2, 0.25) is 0 Å². The van der Waals surface area contributed by atoms with Crippen molar-refractivity contribution in [2.45, 2.75) is 51.1 Å². The molecule has 2 unspecified atom stereocenters. The molecule has 3 atom stereocenters. The molecule has 0 spiro atoms. The molecular formula is C25H28F3NO3. The minimum absolute atomic E-state index is 0.00235. The molecule has 7 heteroatoms. The summed E-state index contributed by atoms with van der Waals surface area (Å²) in [6, 6.07) is 12.4. The number of alkyl halides is 2. The van der Waals surface area contributed by atoms with Crippen LogP contribution < -0.4 is 14.4 Å². The van der Waals surface area contributed by atoms with Gasteiger partial charge in [-0.3, -0.25) is 0 Å². The van der Waals surface area contributed by atoms with Gasteiger partial charge in [-0.1, -0.05) is 19.1 Å². The molecule has 1 aliphatic carbocycles. The van der Waals surface area contributed by atoms with E-state index in [0.29, 0.717) is 18.7 Å². The van der Waals surface area contributed by atoms with Crippen LogP contribution in [0, 0.1) is 11.7 Å². The van der Waals surface area contributed by atoms with E-state index in [1.165, 1.54) is 12.1 Å². The van der Waals surface area contributed by atoms with Gasteiger partial charge in [-0.05, 0) is 42.7 Å². The summed E-state index contributed by atoms with van der Waals surface area (Å²) in [5, 5.41) is 0. The van der Waals surface area contributed by atoms with E-state index >= 15 is 0 Å². The van der Waals surface area contributed by atoms with E-state index in [9.17, 15) is 18.0 Å². The van der Waals surface area contributed by atoms with Gasteiger partial charge in [0, 0.05) is 37.6 Å². The lowest BCUT2D eigenvalue weighted by Crippen LogP contribution is -2.24. The van der Waals surface area contributed by atoms with Crippen molar-refractivity contribution in [1.29, 1.82) is 0 Å². The summed E-state index contributed by atoms with van der Waals surface area (Å²) in [7, 11) is 0. The number of ether oxygens (including phenoxy) is 2. The van der Waals surface area contributed by atoms with Crippen LogP contribution in [-0.4, -0.2) is 37.5 Å². The summed E-state index contributed by atoms with van der Waals surface area (Å²) < 4.78 is 51.7. The average Bonchev–Trinajstić information content (AvgIpc) is 3.11. The van der Waals surface area contributed by atoms with Crippen molar-refractivity contribution in [3.8, 4) is 11.5 Å². The van der Waals surface area contributed by atoms with Gasteiger partial charge < -0.3 is 19.2 Å². The lowest BCUT2D eigenvalue weighted by Gasteiger charge is -2.20. The second-order valence-electron chi connectivity index (χ2n) is 8.94. The van der Waals surface area contributed by atoms with E-state index in [1.807, 2.05) is 36.1 Å². The topological polar surface area (TPSA) is 38.8 Å². The zero-order chi connectivity index (χ0) is 22.9. The van der Waals surface area contributed by atoms with Gasteiger partial charge in [0.05, 0.1) is 19.1 Å². The van der Waals surface area contributed by atoms with Crippen LogP contribution in [0.2, 0.25) is 0 Å². The molecule has 172 valence electrons. The summed E-state index contributed by atoms with van der Waals surface area (Å²) >= 11 is 0. The largest absolute Gasteiger partial charge is 0.490 e. The molecule has 1 heterocycles. The number of halogens is 3. The second-order valence-corrected chi connectivity index (χ2v) is 8.94. The van der Waals surface area contributed by atoms with Crippen LogP contribution in [0.3, 0.4) is 0 Å². The Labute approximate surface area is 186 Å². The molecule has 1 aliphatic heterocycles. The van der Waals surface area contributed by atoms with Crippen molar-refractivity contribution in [2.24, 2.45) is 5.92 Å². The lowest BCUT2D eigenvalue weighted by atomic mass is 9.96. The third kappa shape index (κ3) is 5.37. The van der Waals surface area contributed by atoms with Crippen molar-refractivity contribution in [3.63, 3.8) is 0 Å². The Kier molecular flexibility index (Phi) is 6.35. The first-order valence-corrected chi connectivity index (χ1v) is 11.0. The molecule has 0 N–H and O–H groups in total. The average molecular weight is 447 g/mol. The van der Waals surface area contributed by atoms with Crippen LogP contribution in [0.5, 0.6) is 11.5 Å². The third-order valence-corrected chi connectivity index (χ3v) is 6.17. The molecule has 0 bridgehead atoms. The Bertz CT molecular complexity index is 963. The van der Waals surface area contributed by atoms with Crippen LogP contribution in [0.1, 0.15) is 44.6 Å². The molecule has 1 saturated heterocycles. The SMILES string of the molecule is CC(=O)C[C@@H](C)c1ccc(OC2CCN(c3ccc(OCC4CC4(F)F)c(F)c3)C2)cc1. The van der Waals surface area contributed by atoms with Gasteiger partial charge in [-0.2, -0.15) is 0 Å². The van der Waals surface area contributed by atoms with Gasteiger partial charge in [0.15, 0.2) is 11.6 Å². The maximum absolute atomic E-state index is 14.4. The zero-order valence-electron chi connectivity index (χ0n) is 18.3. The number of anilines is 1. The normalized spacial score (nSPS) is 22.5. The number of rotatable bonds is 9. The van der Waals surface area contributed by atoms with Crippen molar-refractivity contribution in [1.82, 2.24) is 0 Å². The van der Waals surface area contributed by atoms with E-state index in [1.54, 1.807) is 13.0 Å². The molecule has 0 aromatic heterocycles. The number of ketones is 1. The predicted molar refractivity (Wildman–Crippen MR) is 116 cm³/mol. The Morgan fingerprint density at radius 3 is 2.56 bits per heavy atom. The fourth-order valence-electron chi connectivity index (χ4n) is 4.12. The Morgan fingerprint density at radius 1 is 1.22 bits per heavy atom. The fourth-order valence-corrected chi connectivity index (χ4v) is 4.12. The van der Waals surface area contributed by atoms with Crippen molar-refractivity contribution in [2.75, 3.05) is 24.6 Å². The minimum Gasteiger partial charge on any atom is -0.490 e. The van der Waals surface area contributed by atoms with E-state index in [-0.39, 0.29) is 36.6 Å². The summed E-state index contributed by atoms with van der Waals surface area (Å²) in [6.07, 6.45) is 1.11. The highest BCUT2D eigenvalue weighted by atomic mass is 19.3. The molecule has 2 aliphatic rings. The maximum Gasteiger partial charge on any atom is 0.255 e. The van der Waals surface area contributed by atoms with E-state index < -0.39 is 17.7 Å². The van der Waals surface area contributed by atoms with Crippen molar-refractivity contribution in [3.05, 3.63) is 53.8 Å². The summed E-state index contributed by atoms with van der Waals surface area (Å²) in [6.45, 7) is 4.81. The standard InChI is InChI=1S/C25H28F3NO3/c1-16(11-17(2)30)18-3-6-21(7-4-18)32-22-9-10-29(14-22)20-5-8-24(23(26)12-20)31-15-19-13-25(19,27)28/h3-8,12,16,19,22H,9-11,13-15H2,1-2H3/t16-,19?,22?/m1/s1. The number of carbonyl (C=O) groups excluding carboxylic acids is 1. The van der Waals surface area contributed by atoms with E-state index in [2.05, 4.69) is 0 Å². The molecule has 2 fully saturated rings. The maximum atomic E-state index is 14.4. The smallest absolute Gasteiger partial charge is 0.255 e. The van der Waals surface area contributed by atoms with Crippen molar-refractivity contribution >= 4 is 11.5 Å². The molecule has 32 heavy (non-hydrogen) atoms. The first-order chi connectivity index (χ1) is 15.2. The molecule has 2 aromatic carbocycles. The van der Waals surface area contributed by atoms with Gasteiger partial charge in [-0.25, -0.2) is 13.2 Å². The molecule has 0 amide bonds. The molecule has 2 aromatic rings. The summed E-state index contributed by atoms with van der Waals surface area (Å²) in [5.41, 5.74) is 1.81. The second kappa shape index (κ2) is 9.04. The van der Waals surface area contributed by atoms with E-state index in [4.69, 9.17) is 9.47 Å². The Hall–Kier alpha value is -2.70. The number of Topliss-reactive ketones (excluding diaryl/α,β-unsaturated/α-hetero) is 1. The number of benzene rings is 2. The predicted octanol–water partition coefficient (Wildman–Crippen LogP) is 5.60. The minimum atomic E-state index is -2.67.